The normalized spacial score (nSPS) is 11.2. The van der Waals surface area contributed by atoms with Crippen LogP contribution in [0.1, 0.15) is 5.56 Å². The van der Waals surface area contributed by atoms with Crippen LogP contribution in [0.25, 0.3) is 0 Å². The van der Waals surface area contributed by atoms with Crippen molar-refractivity contribution in [2.45, 2.75) is 11.8 Å². The lowest BCUT2D eigenvalue weighted by Gasteiger charge is -2.08. The first kappa shape index (κ1) is 13.0. The Bertz CT molecular complexity index is 709. The largest absolute Gasteiger partial charge is 0.284 e. The van der Waals surface area contributed by atoms with Gasteiger partial charge in [0.25, 0.3) is 15.7 Å². The summed E-state index contributed by atoms with van der Waals surface area (Å²) in [7, 11) is -3.80. The second-order valence-corrected chi connectivity index (χ2v) is 5.48. The number of benzene rings is 1. The van der Waals surface area contributed by atoms with Gasteiger partial charge in [0.15, 0.2) is 0 Å². The van der Waals surface area contributed by atoms with Crippen LogP contribution in [0.2, 0.25) is 0 Å². The number of anilines is 1. The number of aryl methyl sites for hydroxylation is 1. The molecule has 0 saturated carbocycles. The van der Waals surface area contributed by atoms with Crippen molar-refractivity contribution in [1.29, 1.82) is 0 Å². The molecule has 0 aliphatic rings. The highest BCUT2D eigenvalue weighted by Crippen LogP contribution is 2.24. The summed E-state index contributed by atoms with van der Waals surface area (Å²) in [5, 5.41) is 16.6. The average Bonchev–Trinajstić information content (AvgIpc) is 2.85. The maximum absolute atomic E-state index is 12.0. The molecule has 0 aliphatic heterocycles. The molecule has 0 saturated heterocycles. The molecule has 0 unspecified atom stereocenters. The summed E-state index contributed by atoms with van der Waals surface area (Å²) in [6.07, 6.45) is 2.37. The Balaban J connectivity index is 2.39. The minimum absolute atomic E-state index is 0.0431. The van der Waals surface area contributed by atoms with Gasteiger partial charge in [-0.2, -0.15) is 5.10 Å². The van der Waals surface area contributed by atoms with E-state index in [0.29, 0.717) is 5.56 Å². The number of aromatic nitrogens is 2. The molecule has 100 valence electrons. The molecule has 0 aliphatic carbocycles. The number of H-pyrrole nitrogens is 1. The lowest BCUT2D eigenvalue weighted by Crippen LogP contribution is -2.13. The zero-order valence-corrected chi connectivity index (χ0v) is 10.6. The maximum Gasteiger partial charge on any atom is 0.271 e. The van der Waals surface area contributed by atoms with Crippen molar-refractivity contribution >= 4 is 21.4 Å². The summed E-state index contributed by atoms with van der Waals surface area (Å²) >= 11 is 0. The Morgan fingerprint density at radius 1 is 1.42 bits per heavy atom. The van der Waals surface area contributed by atoms with Crippen molar-refractivity contribution in [3.05, 3.63) is 46.3 Å². The summed E-state index contributed by atoms with van der Waals surface area (Å²) in [5.74, 6) is 0. The Morgan fingerprint density at radius 2 is 2.16 bits per heavy atom. The summed E-state index contributed by atoms with van der Waals surface area (Å²) in [4.78, 5) is 10.0. The molecule has 2 aromatic rings. The number of hydrogen-bond donors (Lipinski definition) is 2. The molecule has 0 fully saturated rings. The van der Waals surface area contributed by atoms with E-state index < -0.39 is 14.9 Å². The second-order valence-electron chi connectivity index (χ2n) is 3.80. The van der Waals surface area contributed by atoms with Gasteiger partial charge in [-0.05, 0) is 12.5 Å². The molecule has 2 N–H and O–H groups in total. The van der Waals surface area contributed by atoms with E-state index in [9.17, 15) is 18.5 Å². The Morgan fingerprint density at radius 3 is 2.74 bits per heavy atom. The van der Waals surface area contributed by atoms with Gasteiger partial charge in [-0.1, -0.05) is 6.07 Å². The number of sulfonamides is 1. The molecule has 0 spiro atoms. The van der Waals surface area contributed by atoms with Crippen molar-refractivity contribution in [1.82, 2.24) is 10.2 Å². The van der Waals surface area contributed by atoms with Gasteiger partial charge in [-0.15, -0.1) is 0 Å². The molecule has 0 bridgehead atoms. The van der Waals surface area contributed by atoms with E-state index in [-0.39, 0.29) is 16.3 Å². The molecular weight excluding hydrogens is 272 g/mol. The summed E-state index contributed by atoms with van der Waals surface area (Å²) in [5.41, 5.74) is 0.559. The number of rotatable bonds is 4. The molecule has 1 aromatic carbocycles. The van der Waals surface area contributed by atoms with Gasteiger partial charge in [-0.3, -0.25) is 19.9 Å². The first-order chi connectivity index (χ1) is 8.90. The van der Waals surface area contributed by atoms with Crippen molar-refractivity contribution in [3.63, 3.8) is 0 Å². The SMILES string of the molecule is Cc1ccc([N+](=O)[O-])cc1NS(=O)(=O)c1cn[nH]c1. The van der Waals surface area contributed by atoms with Gasteiger partial charge in [0, 0.05) is 18.3 Å². The highest BCUT2D eigenvalue weighted by atomic mass is 32.2. The summed E-state index contributed by atoms with van der Waals surface area (Å²) < 4.78 is 26.2. The lowest BCUT2D eigenvalue weighted by molar-refractivity contribution is -0.384. The molecular formula is C10H10N4O4S. The second kappa shape index (κ2) is 4.69. The quantitative estimate of drug-likeness (QED) is 0.649. The van der Waals surface area contributed by atoms with Crippen LogP contribution in [0.3, 0.4) is 0 Å². The minimum Gasteiger partial charge on any atom is -0.284 e. The third kappa shape index (κ3) is 2.71. The molecule has 2 rings (SSSR count). The standard InChI is InChI=1S/C10H10N4O4S/c1-7-2-3-8(14(15)16)4-10(7)13-19(17,18)9-5-11-12-6-9/h2-6,13H,1H3,(H,11,12). The monoisotopic (exact) mass is 282 g/mol. The topological polar surface area (TPSA) is 118 Å². The van der Waals surface area contributed by atoms with E-state index in [1.54, 1.807) is 6.92 Å². The predicted molar refractivity (Wildman–Crippen MR) is 67.2 cm³/mol. The van der Waals surface area contributed by atoms with Crippen LogP contribution in [-0.2, 0) is 10.0 Å². The zero-order valence-electron chi connectivity index (χ0n) is 9.82. The van der Waals surface area contributed by atoms with Gasteiger partial charge < -0.3 is 0 Å². The van der Waals surface area contributed by atoms with Gasteiger partial charge in [0.2, 0.25) is 0 Å². The summed E-state index contributed by atoms with van der Waals surface area (Å²) in [6.45, 7) is 1.65. The number of nitro groups is 1. The molecule has 0 amide bonds. The van der Waals surface area contributed by atoms with E-state index in [0.717, 1.165) is 6.20 Å². The lowest BCUT2D eigenvalue weighted by atomic mass is 10.2. The average molecular weight is 282 g/mol. The number of non-ortho nitro benzene ring substituents is 1. The smallest absolute Gasteiger partial charge is 0.271 e. The van der Waals surface area contributed by atoms with Crippen LogP contribution in [0, 0.1) is 17.0 Å². The van der Waals surface area contributed by atoms with E-state index in [1.807, 2.05) is 0 Å². The third-order valence-corrected chi connectivity index (χ3v) is 3.79. The predicted octanol–water partition coefficient (Wildman–Crippen LogP) is 1.43. The van der Waals surface area contributed by atoms with E-state index >= 15 is 0 Å². The molecule has 9 heteroatoms. The number of nitro benzene ring substituents is 1. The molecule has 0 atom stereocenters. The first-order valence-electron chi connectivity index (χ1n) is 5.17. The van der Waals surface area contributed by atoms with E-state index in [4.69, 9.17) is 0 Å². The maximum atomic E-state index is 12.0. The fraction of sp³-hybridized carbons (Fsp3) is 0.100. The zero-order chi connectivity index (χ0) is 14.0. The van der Waals surface area contributed by atoms with Crippen molar-refractivity contribution in [3.8, 4) is 0 Å². The van der Waals surface area contributed by atoms with Crippen LogP contribution < -0.4 is 4.72 Å². The molecule has 0 radical (unpaired) electrons. The van der Waals surface area contributed by atoms with E-state index in [2.05, 4.69) is 14.9 Å². The van der Waals surface area contributed by atoms with Crippen LogP contribution in [-0.4, -0.2) is 23.5 Å². The number of hydrogen-bond acceptors (Lipinski definition) is 5. The van der Waals surface area contributed by atoms with Crippen LogP contribution >= 0.6 is 0 Å². The van der Waals surface area contributed by atoms with Gasteiger partial charge >= 0.3 is 0 Å². The van der Waals surface area contributed by atoms with Crippen molar-refractivity contribution in [2.75, 3.05) is 4.72 Å². The fourth-order valence-corrected chi connectivity index (χ4v) is 2.45. The Kier molecular flexibility index (Phi) is 3.21. The van der Waals surface area contributed by atoms with Crippen molar-refractivity contribution < 1.29 is 13.3 Å². The first-order valence-corrected chi connectivity index (χ1v) is 6.65. The van der Waals surface area contributed by atoms with Crippen LogP contribution in [0.4, 0.5) is 11.4 Å². The molecule has 19 heavy (non-hydrogen) atoms. The molecule has 8 nitrogen and oxygen atoms in total. The van der Waals surface area contributed by atoms with Crippen LogP contribution in [0.5, 0.6) is 0 Å². The highest BCUT2D eigenvalue weighted by molar-refractivity contribution is 7.92. The van der Waals surface area contributed by atoms with Crippen LogP contribution in [0.15, 0.2) is 35.5 Å². The number of nitrogens with zero attached hydrogens (tertiary/aromatic N) is 2. The third-order valence-electron chi connectivity index (χ3n) is 2.46. The van der Waals surface area contributed by atoms with Gasteiger partial charge in [0.1, 0.15) is 4.90 Å². The Hall–Kier alpha value is -2.42. The Labute approximate surface area is 108 Å². The van der Waals surface area contributed by atoms with E-state index in [1.165, 1.54) is 24.4 Å². The molecule has 1 aromatic heterocycles. The number of nitrogens with one attached hydrogen (secondary N) is 2. The van der Waals surface area contributed by atoms with Gasteiger partial charge in [-0.25, -0.2) is 8.42 Å². The summed E-state index contributed by atoms with van der Waals surface area (Å²) in [6, 6.07) is 3.96. The van der Waals surface area contributed by atoms with Crippen molar-refractivity contribution in [2.24, 2.45) is 0 Å². The van der Waals surface area contributed by atoms with Gasteiger partial charge in [0.05, 0.1) is 16.8 Å². The molecule has 1 heterocycles. The fourth-order valence-electron chi connectivity index (χ4n) is 1.42. The minimum atomic E-state index is -3.80. The number of aromatic amines is 1. The highest BCUT2D eigenvalue weighted by Gasteiger charge is 2.18.